The number of ether oxygens (including phenoxy) is 3. The molecule has 15 nitrogen and oxygen atoms in total. The number of aromatic amines is 1. The summed E-state index contributed by atoms with van der Waals surface area (Å²) in [6.07, 6.45) is -9.71. The number of azide groups is 1. The lowest BCUT2D eigenvalue weighted by Gasteiger charge is -2.40. The molecule has 2 aliphatic heterocycles. The van der Waals surface area contributed by atoms with E-state index in [4.69, 9.17) is 19.7 Å². The molecule has 0 radical (unpaired) electrons. The Morgan fingerprint density at radius 3 is 2.71 bits per heavy atom. The fraction of sp³-hybridized carbons (Fsp3) is 0.688. The number of aryl methyl sites for hydroxylation is 1. The molecule has 8 atom stereocenters. The van der Waals surface area contributed by atoms with Crippen molar-refractivity contribution < 1.29 is 39.4 Å². The van der Waals surface area contributed by atoms with Crippen molar-refractivity contribution in [2.75, 3.05) is 6.61 Å². The number of aromatic nitrogens is 2. The van der Waals surface area contributed by atoms with Crippen molar-refractivity contribution in [1.29, 1.82) is 0 Å². The number of carboxylic acid groups (broad SMARTS) is 1. The number of carbonyl (C=O) groups is 1. The monoisotopic (exact) mass is 442 g/mol. The number of carboxylic acids is 1. The molecule has 0 spiro atoms. The number of carbonyl (C=O) groups excluding carboxylic acids is 1. The van der Waals surface area contributed by atoms with Gasteiger partial charge in [-0.05, 0) is 12.5 Å². The average molecular weight is 442 g/mol. The van der Waals surface area contributed by atoms with E-state index in [1.807, 2.05) is 0 Å². The van der Waals surface area contributed by atoms with Crippen LogP contribution in [0.15, 0.2) is 20.9 Å². The van der Waals surface area contributed by atoms with Crippen LogP contribution >= 0.6 is 0 Å². The Bertz CT molecular complexity index is 988. The maximum atomic E-state index is 12.1. The lowest BCUT2D eigenvalue weighted by atomic mass is 9.99. The Morgan fingerprint density at radius 2 is 2.06 bits per heavy atom. The van der Waals surface area contributed by atoms with Gasteiger partial charge in [-0.25, -0.2) is 4.79 Å². The number of aliphatic hydroxyl groups is 3. The summed E-state index contributed by atoms with van der Waals surface area (Å²) in [5.74, 6) is -1.82. The molecular formula is C16H20N5O10-. The minimum Gasteiger partial charge on any atom is -0.547 e. The van der Waals surface area contributed by atoms with Gasteiger partial charge < -0.3 is 39.4 Å². The number of H-pyrrole nitrogens is 1. The highest BCUT2D eigenvalue weighted by atomic mass is 16.7. The van der Waals surface area contributed by atoms with Crippen LogP contribution in [0.4, 0.5) is 0 Å². The second-order valence-corrected chi connectivity index (χ2v) is 7.17. The highest BCUT2D eigenvalue weighted by molar-refractivity contribution is 5.71. The molecular weight excluding hydrogens is 422 g/mol. The van der Waals surface area contributed by atoms with Crippen molar-refractivity contribution in [3.63, 3.8) is 0 Å². The third-order valence-electron chi connectivity index (χ3n) is 5.09. The molecule has 1 aromatic heterocycles. The molecule has 0 aromatic carbocycles. The van der Waals surface area contributed by atoms with E-state index in [1.54, 1.807) is 0 Å². The zero-order valence-corrected chi connectivity index (χ0v) is 16.1. The summed E-state index contributed by atoms with van der Waals surface area (Å²) in [6.45, 7) is 1.10. The van der Waals surface area contributed by atoms with Gasteiger partial charge in [0.15, 0.2) is 6.29 Å². The molecule has 0 aliphatic carbocycles. The van der Waals surface area contributed by atoms with E-state index >= 15 is 0 Å². The number of nitrogens with one attached hydrogen (secondary N) is 1. The topological polar surface area (TPSA) is 232 Å². The SMILES string of the molecule is Cc1cn([C@H]2C[C@@H](N=[N+]=[N-])[C@@H](CO[C@@H]3OC(C(=O)[O-])[C@@H](O)[C@H](O)[C@@H]3O)O2)c(=O)[nH]c1=O. The van der Waals surface area contributed by atoms with Gasteiger partial charge in [-0.15, -0.1) is 0 Å². The number of hydrogen-bond acceptors (Lipinski definition) is 11. The lowest BCUT2D eigenvalue weighted by Crippen LogP contribution is -2.62. The molecule has 2 aliphatic rings. The number of hydrogen-bond donors (Lipinski definition) is 4. The summed E-state index contributed by atoms with van der Waals surface area (Å²) in [4.78, 5) is 39.6. The molecule has 2 saturated heterocycles. The number of rotatable bonds is 6. The van der Waals surface area contributed by atoms with E-state index in [9.17, 15) is 34.8 Å². The molecule has 170 valence electrons. The van der Waals surface area contributed by atoms with E-state index in [2.05, 4.69) is 15.0 Å². The highest BCUT2D eigenvalue weighted by Gasteiger charge is 2.46. The Kier molecular flexibility index (Phi) is 6.76. The molecule has 3 rings (SSSR count). The van der Waals surface area contributed by atoms with Gasteiger partial charge >= 0.3 is 5.69 Å². The smallest absolute Gasteiger partial charge is 0.330 e. The number of nitrogens with zero attached hydrogens (tertiary/aromatic N) is 4. The highest BCUT2D eigenvalue weighted by Crippen LogP contribution is 2.31. The fourth-order valence-electron chi connectivity index (χ4n) is 3.39. The number of aliphatic hydroxyl groups excluding tert-OH is 3. The second kappa shape index (κ2) is 9.15. The second-order valence-electron chi connectivity index (χ2n) is 7.17. The third-order valence-corrected chi connectivity index (χ3v) is 5.09. The molecule has 1 aromatic rings. The fourth-order valence-corrected chi connectivity index (χ4v) is 3.39. The summed E-state index contributed by atoms with van der Waals surface area (Å²) >= 11 is 0. The predicted molar refractivity (Wildman–Crippen MR) is 95.2 cm³/mol. The maximum Gasteiger partial charge on any atom is 0.330 e. The minimum atomic E-state index is -1.95. The summed E-state index contributed by atoms with van der Waals surface area (Å²) < 4.78 is 17.1. The standard InChI is InChI=1S/C16H21N5O10/c1-5-3-21(16(28)18-13(5)25)8-2-6(19-20-17)7(30-8)4-29-15-11(24)9(22)10(23)12(31-15)14(26)27/h3,6-12,15,22-24H,2,4H2,1H3,(H,26,27)(H,18,25,28)/p-1/t6-,7-,8-,9+,10+,11+,12?,15-/m1/s1. The minimum absolute atomic E-state index is 0.0561. The largest absolute Gasteiger partial charge is 0.547 e. The van der Waals surface area contributed by atoms with Crippen LogP contribution < -0.4 is 16.4 Å². The molecule has 0 saturated carbocycles. The molecule has 0 amide bonds. The molecule has 31 heavy (non-hydrogen) atoms. The third kappa shape index (κ3) is 4.62. The van der Waals surface area contributed by atoms with Gasteiger partial charge in [0.25, 0.3) is 5.56 Å². The van der Waals surface area contributed by atoms with E-state index in [0.29, 0.717) is 0 Å². The van der Waals surface area contributed by atoms with Gasteiger partial charge in [0.2, 0.25) is 0 Å². The maximum absolute atomic E-state index is 12.1. The first-order valence-corrected chi connectivity index (χ1v) is 9.18. The first-order valence-electron chi connectivity index (χ1n) is 9.18. The molecule has 0 bridgehead atoms. The van der Waals surface area contributed by atoms with Crippen molar-refractivity contribution in [3.8, 4) is 0 Å². The van der Waals surface area contributed by atoms with Crippen molar-refractivity contribution in [2.45, 2.75) is 62.4 Å². The van der Waals surface area contributed by atoms with E-state index in [1.165, 1.54) is 13.1 Å². The summed E-state index contributed by atoms with van der Waals surface area (Å²) in [7, 11) is 0. The summed E-state index contributed by atoms with van der Waals surface area (Å²) in [5.41, 5.74) is 7.76. The van der Waals surface area contributed by atoms with Crippen molar-refractivity contribution >= 4 is 5.97 Å². The Morgan fingerprint density at radius 1 is 1.35 bits per heavy atom. The molecule has 1 unspecified atom stereocenters. The van der Waals surface area contributed by atoms with E-state index in [0.717, 1.165) is 4.57 Å². The van der Waals surface area contributed by atoms with E-state index in [-0.39, 0.29) is 18.6 Å². The summed E-state index contributed by atoms with van der Waals surface area (Å²) in [5, 5.41) is 44.1. The molecule has 15 heteroatoms. The zero-order valence-electron chi connectivity index (χ0n) is 16.1. The van der Waals surface area contributed by atoms with Crippen molar-refractivity contribution in [1.82, 2.24) is 9.55 Å². The predicted octanol–water partition coefficient (Wildman–Crippen LogP) is -3.61. The lowest BCUT2D eigenvalue weighted by molar-refractivity contribution is -0.350. The van der Waals surface area contributed by atoms with Crippen LogP contribution in [-0.4, -0.2) is 80.3 Å². The van der Waals surface area contributed by atoms with Crippen LogP contribution in [0.2, 0.25) is 0 Å². The van der Waals surface area contributed by atoms with E-state index < -0.39 is 66.3 Å². The van der Waals surface area contributed by atoms with Crippen LogP contribution in [0.1, 0.15) is 18.2 Å². The van der Waals surface area contributed by atoms with Gasteiger partial charge in [0, 0.05) is 23.1 Å². The van der Waals surface area contributed by atoms with Gasteiger partial charge in [-0.3, -0.25) is 14.3 Å². The van der Waals surface area contributed by atoms with Crippen LogP contribution in [0.3, 0.4) is 0 Å². The van der Waals surface area contributed by atoms with Gasteiger partial charge in [-0.1, -0.05) is 5.11 Å². The van der Waals surface area contributed by atoms with Gasteiger partial charge in [0.1, 0.15) is 30.6 Å². The van der Waals surface area contributed by atoms with Gasteiger partial charge in [-0.2, -0.15) is 0 Å². The Hall–Kier alpha value is -2.78. The molecule has 3 heterocycles. The summed E-state index contributed by atoms with van der Waals surface area (Å²) in [6, 6.07) is -0.817. The normalized spacial score (nSPS) is 35.5. The van der Waals surface area contributed by atoms with Crippen molar-refractivity contribution in [3.05, 3.63) is 43.0 Å². The van der Waals surface area contributed by atoms with Crippen LogP contribution in [-0.2, 0) is 19.0 Å². The molecule has 4 N–H and O–H groups in total. The zero-order chi connectivity index (χ0) is 22.9. The van der Waals surface area contributed by atoms with Gasteiger partial charge in [0.05, 0.1) is 24.7 Å². The van der Waals surface area contributed by atoms with Crippen LogP contribution in [0.25, 0.3) is 10.4 Å². The quantitative estimate of drug-likeness (QED) is 0.192. The first-order chi connectivity index (χ1) is 14.6. The Balaban J connectivity index is 1.74. The van der Waals surface area contributed by atoms with Crippen molar-refractivity contribution in [2.24, 2.45) is 5.11 Å². The van der Waals surface area contributed by atoms with Crippen LogP contribution in [0, 0.1) is 6.92 Å². The van der Waals surface area contributed by atoms with Crippen LogP contribution in [0.5, 0.6) is 0 Å². The Labute approximate surface area is 173 Å². The molecule has 2 fully saturated rings. The first kappa shape index (κ1) is 22.9. The number of aliphatic carboxylic acids is 1. The average Bonchev–Trinajstić information content (AvgIpc) is 3.11.